The zero-order valence-electron chi connectivity index (χ0n) is 17.2. The van der Waals surface area contributed by atoms with Crippen LogP contribution in [0.25, 0.3) is 5.70 Å². The fourth-order valence-electron chi connectivity index (χ4n) is 3.02. The lowest BCUT2D eigenvalue weighted by atomic mass is 10.1. The molecule has 0 radical (unpaired) electrons. The lowest BCUT2D eigenvalue weighted by molar-refractivity contribution is -0.145. The van der Waals surface area contributed by atoms with Crippen molar-refractivity contribution in [2.75, 3.05) is 25.6 Å². The predicted molar refractivity (Wildman–Crippen MR) is 109 cm³/mol. The predicted octanol–water partition coefficient (Wildman–Crippen LogP) is 2.41. The number of nitrogens with one attached hydrogen (secondary N) is 2. The number of carbonyl (C=O) groups excluding carboxylic acids is 2. The second-order valence-electron chi connectivity index (χ2n) is 6.73. The molecule has 1 unspecified atom stereocenters. The van der Waals surface area contributed by atoms with Crippen molar-refractivity contribution in [2.45, 2.75) is 19.9 Å². The van der Waals surface area contributed by atoms with Crippen molar-refractivity contribution in [3.8, 4) is 5.88 Å². The number of aryl methyl sites for hydroxylation is 1. The summed E-state index contributed by atoms with van der Waals surface area (Å²) in [6.45, 7) is 3.54. The van der Waals surface area contributed by atoms with Crippen molar-refractivity contribution >= 4 is 23.3 Å². The summed E-state index contributed by atoms with van der Waals surface area (Å²) >= 11 is 0. The molecular weight excluding hydrogens is 410 g/mol. The molecule has 3 rings (SSSR count). The summed E-state index contributed by atoms with van der Waals surface area (Å²) in [5, 5.41) is 3.89. The maximum Gasteiger partial charge on any atom is 0.344 e. The van der Waals surface area contributed by atoms with Crippen LogP contribution in [0.2, 0.25) is 0 Å². The quantitative estimate of drug-likeness (QED) is 0.649. The summed E-state index contributed by atoms with van der Waals surface area (Å²) in [7, 11) is 1.70. The first kappa shape index (κ1) is 22.2. The third kappa shape index (κ3) is 5.15. The Hall–Kier alpha value is -3.53. The first-order chi connectivity index (χ1) is 14.8. The van der Waals surface area contributed by atoms with Gasteiger partial charge in [-0.15, -0.1) is 0 Å². The largest absolute Gasteiger partial charge is 0.466 e. The fraction of sp³-hybridized carbons (Fsp3) is 0.286. The Morgan fingerprint density at radius 2 is 2.00 bits per heavy atom. The van der Waals surface area contributed by atoms with E-state index in [-0.39, 0.29) is 19.1 Å². The van der Waals surface area contributed by atoms with Crippen LogP contribution in [-0.2, 0) is 14.3 Å². The molecular formula is C21H22F2N4O4. The van der Waals surface area contributed by atoms with E-state index >= 15 is 0 Å². The van der Waals surface area contributed by atoms with E-state index in [0.717, 1.165) is 17.7 Å². The highest BCUT2D eigenvalue weighted by Gasteiger charge is 2.28. The van der Waals surface area contributed by atoms with E-state index in [1.807, 2.05) is 6.92 Å². The number of hydrogen-bond donors (Lipinski definition) is 2. The van der Waals surface area contributed by atoms with Gasteiger partial charge >= 0.3 is 5.97 Å². The molecule has 2 aromatic rings. The maximum atomic E-state index is 13.8. The Bertz CT molecular complexity index is 1010. The van der Waals surface area contributed by atoms with Crippen molar-refractivity contribution in [2.24, 2.45) is 0 Å². The van der Waals surface area contributed by atoms with Gasteiger partial charge in [0.05, 0.1) is 12.3 Å². The average Bonchev–Trinajstić information content (AvgIpc) is 3.11. The number of benzene rings is 1. The van der Waals surface area contributed by atoms with Gasteiger partial charge in [0, 0.05) is 24.9 Å². The number of aromatic nitrogens is 1. The van der Waals surface area contributed by atoms with Crippen LogP contribution in [0.1, 0.15) is 18.1 Å². The molecule has 1 amide bonds. The normalized spacial score (nSPS) is 15.5. The number of halogens is 2. The molecule has 31 heavy (non-hydrogen) atoms. The number of amides is 1. The molecule has 1 aromatic carbocycles. The number of pyridine rings is 1. The molecule has 0 saturated carbocycles. The van der Waals surface area contributed by atoms with Gasteiger partial charge in [0.15, 0.2) is 6.61 Å². The van der Waals surface area contributed by atoms with Crippen LogP contribution in [0.3, 0.4) is 0 Å². The maximum absolute atomic E-state index is 13.8. The molecule has 1 aliphatic heterocycles. The lowest BCUT2D eigenvalue weighted by Gasteiger charge is -2.19. The van der Waals surface area contributed by atoms with Gasteiger partial charge in [0.2, 0.25) is 11.8 Å². The number of hydrogen-bond acceptors (Lipinski definition) is 7. The van der Waals surface area contributed by atoms with Gasteiger partial charge in [-0.3, -0.25) is 4.79 Å². The van der Waals surface area contributed by atoms with Crippen LogP contribution in [0.5, 0.6) is 5.88 Å². The summed E-state index contributed by atoms with van der Waals surface area (Å²) in [5.41, 5.74) is 4.57. The molecule has 8 nitrogen and oxygen atoms in total. The molecule has 0 aliphatic carbocycles. The number of anilines is 1. The Morgan fingerprint density at radius 3 is 2.65 bits per heavy atom. The van der Waals surface area contributed by atoms with Crippen molar-refractivity contribution in [1.29, 1.82) is 0 Å². The van der Waals surface area contributed by atoms with Crippen molar-refractivity contribution in [1.82, 2.24) is 15.4 Å². The first-order valence-electron chi connectivity index (χ1n) is 9.52. The topological polar surface area (TPSA) is 92.8 Å². The van der Waals surface area contributed by atoms with Gasteiger partial charge in [-0.2, -0.15) is 0 Å². The fourth-order valence-corrected chi connectivity index (χ4v) is 3.02. The Balaban J connectivity index is 1.73. The molecule has 0 fully saturated rings. The van der Waals surface area contributed by atoms with E-state index in [4.69, 9.17) is 9.47 Å². The van der Waals surface area contributed by atoms with Crippen LogP contribution in [0.4, 0.5) is 14.5 Å². The Kier molecular flexibility index (Phi) is 6.81. The van der Waals surface area contributed by atoms with Gasteiger partial charge in [0.25, 0.3) is 0 Å². The van der Waals surface area contributed by atoms with Gasteiger partial charge in [-0.25, -0.2) is 24.0 Å². The van der Waals surface area contributed by atoms with Crippen LogP contribution < -0.4 is 15.5 Å². The highest BCUT2D eigenvalue weighted by atomic mass is 19.1. The van der Waals surface area contributed by atoms with E-state index in [1.165, 1.54) is 6.07 Å². The second-order valence-corrected chi connectivity index (χ2v) is 6.73. The number of para-hydroxylation sites is 1. The zero-order valence-corrected chi connectivity index (χ0v) is 17.2. The van der Waals surface area contributed by atoms with Crippen LogP contribution in [-0.4, -0.2) is 48.2 Å². The minimum atomic E-state index is -0.859. The van der Waals surface area contributed by atoms with Gasteiger partial charge in [-0.1, -0.05) is 6.07 Å². The Morgan fingerprint density at radius 1 is 1.29 bits per heavy atom. The van der Waals surface area contributed by atoms with Gasteiger partial charge in [-0.05, 0) is 37.6 Å². The van der Waals surface area contributed by atoms with Crippen molar-refractivity contribution in [3.63, 3.8) is 0 Å². The van der Waals surface area contributed by atoms with Crippen LogP contribution in [0.15, 0.2) is 36.5 Å². The number of ether oxygens (including phenoxy) is 2. The lowest BCUT2D eigenvalue weighted by Crippen LogP contribution is -2.41. The highest BCUT2D eigenvalue weighted by molar-refractivity contribution is 5.98. The van der Waals surface area contributed by atoms with Crippen molar-refractivity contribution in [3.05, 3.63) is 59.3 Å². The monoisotopic (exact) mass is 432 g/mol. The van der Waals surface area contributed by atoms with E-state index in [2.05, 4.69) is 15.7 Å². The molecule has 1 aliphatic rings. The standard InChI is InChI=1S/C21H22F2N4O4/c1-4-30-19(28)11-31-18-8-12(2)13(10-24-18)17-9-16(26-27(17)3)21(29)25-20-14(22)6-5-7-15(20)23/h5-10,16,26H,4,11H2,1-3H3,(H,25,29). The number of nitrogens with zero attached hydrogens (tertiary/aromatic N) is 2. The molecule has 10 heteroatoms. The third-order valence-electron chi connectivity index (χ3n) is 4.52. The number of carbonyl (C=O) groups is 2. The molecule has 1 atom stereocenters. The van der Waals surface area contributed by atoms with Crippen LogP contribution >= 0.6 is 0 Å². The Labute approximate surface area is 177 Å². The summed E-state index contributed by atoms with van der Waals surface area (Å²) in [5.74, 6) is -2.57. The van der Waals surface area contributed by atoms with Crippen molar-refractivity contribution < 1.29 is 27.8 Å². The molecule has 2 N–H and O–H groups in total. The molecule has 0 bridgehead atoms. The smallest absolute Gasteiger partial charge is 0.344 e. The summed E-state index contributed by atoms with van der Waals surface area (Å²) < 4.78 is 37.8. The van der Waals surface area contributed by atoms with E-state index in [0.29, 0.717) is 11.3 Å². The van der Waals surface area contributed by atoms with Gasteiger partial charge in [0.1, 0.15) is 23.4 Å². The summed E-state index contributed by atoms with van der Waals surface area (Å²) in [6, 6.07) is 4.16. The summed E-state index contributed by atoms with van der Waals surface area (Å²) in [4.78, 5) is 28.1. The summed E-state index contributed by atoms with van der Waals surface area (Å²) in [6.07, 6.45) is 3.17. The molecule has 164 valence electrons. The van der Waals surface area contributed by atoms with E-state index in [1.54, 1.807) is 37.3 Å². The minimum absolute atomic E-state index is 0.251. The first-order valence-corrected chi connectivity index (χ1v) is 9.52. The second kappa shape index (κ2) is 9.52. The third-order valence-corrected chi connectivity index (χ3v) is 4.52. The SMILES string of the molecule is CCOC(=O)COc1cc(C)c(C2=CC(C(=O)Nc3c(F)cccc3F)NN2C)cn1. The number of rotatable bonds is 7. The minimum Gasteiger partial charge on any atom is -0.466 e. The molecule has 0 spiro atoms. The average molecular weight is 432 g/mol. The van der Waals surface area contributed by atoms with Crippen LogP contribution in [0, 0.1) is 18.6 Å². The van der Waals surface area contributed by atoms with Gasteiger partial charge < -0.3 is 19.8 Å². The number of esters is 1. The van der Waals surface area contributed by atoms with E-state index in [9.17, 15) is 18.4 Å². The number of hydrazine groups is 1. The molecule has 1 aromatic heterocycles. The molecule has 2 heterocycles. The zero-order chi connectivity index (χ0) is 22.5. The highest BCUT2D eigenvalue weighted by Crippen LogP contribution is 2.27. The molecule has 0 saturated heterocycles. The van der Waals surface area contributed by atoms with E-state index < -0.39 is 35.2 Å².